The standard InChI is InChI=1S/C22H21NO2/c1-14-9-10-18-17(12-14)21-19(24)13-15-6-2-3-7-16(15)22(21)23(18)20-8-4-5-11-25-20/h2-3,6-7,9-10,12,20H,4-5,8,11,13H2,1H3. The van der Waals surface area contributed by atoms with E-state index in [4.69, 9.17) is 4.74 Å². The molecule has 0 amide bonds. The van der Waals surface area contributed by atoms with Gasteiger partial charge in [-0.05, 0) is 43.9 Å². The van der Waals surface area contributed by atoms with Crippen molar-refractivity contribution in [2.75, 3.05) is 6.61 Å². The van der Waals surface area contributed by atoms with Crippen LogP contribution in [0.15, 0.2) is 42.5 Å². The molecule has 2 aromatic carbocycles. The van der Waals surface area contributed by atoms with Gasteiger partial charge >= 0.3 is 0 Å². The van der Waals surface area contributed by atoms with Gasteiger partial charge < -0.3 is 9.30 Å². The molecule has 2 heterocycles. The number of ether oxygens (including phenoxy) is 1. The average Bonchev–Trinajstić information content (AvgIpc) is 2.97. The molecule has 3 heteroatoms. The number of ketones is 1. The van der Waals surface area contributed by atoms with Crippen molar-refractivity contribution in [2.24, 2.45) is 0 Å². The number of hydrogen-bond acceptors (Lipinski definition) is 2. The summed E-state index contributed by atoms with van der Waals surface area (Å²) in [7, 11) is 0. The Bertz CT molecular complexity index is 993. The second-order valence-corrected chi connectivity index (χ2v) is 7.19. The average molecular weight is 331 g/mol. The molecule has 2 aliphatic rings. The van der Waals surface area contributed by atoms with Gasteiger partial charge in [-0.25, -0.2) is 0 Å². The van der Waals surface area contributed by atoms with Crippen molar-refractivity contribution in [3.8, 4) is 11.3 Å². The largest absolute Gasteiger partial charge is 0.358 e. The zero-order valence-corrected chi connectivity index (χ0v) is 14.4. The minimum atomic E-state index is 0.0154. The Hall–Kier alpha value is -2.39. The van der Waals surface area contributed by atoms with Gasteiger partial charge in [-0.15, -0.1) is 0 Å². The maximum atomic E-state index is 13.0. The van der Waals surface area contributed by atoms with Crippen LogP contribution in [-0.2, 0) is 11.2 Å². The van der Waals surface area contributed by atoms with Crippen molar-refractivity contribution >= 4 is 16.7 Å². The maximum Gasteiger partial charge on any atom is 0.170 e. The van der Waals surface area contributed by atoms with Crippen LogP contribution in [0.5, 0.6) is 0 Å². The van der Waals surface area contributed by atoms with Crippen LogP contribution in [0.1, 0.15) is 47.0 Å². The fraction of sp³-hybridized carbons (Fsp3) is 0.318. The van der Waals surface area contributed by atoms with Gasteiger partial charge in [0.2, 0.25) is 0 Å². The van der Waals surface area contributed by atoms with Crippen LogP contribution >= 0.6 is 0 Å². The van der Waals surface area contributed by atoms with Gasteiger partial charge in [0.15, 0.2) is 5.78 Å². The summed E-state index contributed by atoms with van der Waals surface area (Å²) < 4.78 is 8.42. The van der Waals surface area contributed by atoms with E-state index in [9.17, 15) is 4.79 Å². The first kappa shape index (κ1) is 14.9. The third-order valence-corrected chi connectivity index (χ3v) is 5.50. The fourth-order valence-corrected chi connectivity index (χ4v) is 4.37. The zero-order chi connectivity index (χ0) is 17.0. The number of rotatable bonds is 1. The Morgan fingerprint density at radius 2 is 2.00 bits per heavy atom. The summed E-state index contributed by atoms with van der Waals surface area (Å²) in [6.45, 7) is 2.88. The zero-order valence-electron chi connectivity index (χ0n) is 14.4. The van der Waals surface area contributed by atoms with Crippen LogP contribution in [0.25, 0.3) is 22.2 Å². The number of benzene rings is 2. The first-order valence-electron chi connectivity index (χ1n) is 9.11. The molecule has 1 aliphatic carbocycles. The van der Waals surface area contributed by atoms with Crippen molar-refractivity contribution < 1.29 is 9.53 Å². The molecule has 0 saturated carbocycles. The Labute approximate surface area is 147 Å². The van der Waals surface area contributed by atoms with E-state index in [-0.39, 0.29) is 12.0 Å². The number of Topliss-reactive ketones (excluding diaryl/α,β-unsaturated/α-hetero) is 1. The van der Waals surface area contributed by atoms with Crippen LogP contribution in [0.3, 0.4) is 0 Å². The molecule has 3 nitrogen and oxygen atoms in total. The number of hydrogen-bond donors (Lipinski definition) is 0. The Morgan fingerprint density at radius 3 is 2.84 bits per heavy atom. The summed E-state index contributed by atoms with van der Waals surface area (Å²) >= 11 is 0. The van der Waals surface area contributed by atoms with Crippen molar-refractivity contribution in [1.82, 2.24) is 4.57 Å². The maximum absolute atomic E-state index is 13.0. The molecule has 0 N–H and O–H groups in total. The highest BCUT2D eigenvalue weighted by molar-refractivity contribution is 6.17. The number of fused-ring (bicyclic) bond motifs is 5. The van der Waals surface area contributed by atoms with Gasteiger partial charge in [0.05, 0.1) is 16.8 Å². The molecule has 1 saturated heterocycles. The Balaban J connectivity index is 1.88. The smallest absolute Gasteiger partial charge is 0.170 e. The topological polar surface area (TPSA) is 31.2 Å². The first-order valence-corrected chi connectivity index (χ1v) is 9.11. The third-order valence-electron chi connectivity index (χ3n) is 5.50. The summed E-state index contributed by atoms with van der Waals surface area (Å²) in [6, 6.07) is 14.7. The highest BCUT2D eigenvalue weighted by atomic mass is 16.5. The third kappa shape index (κ3) is 2.19. The molecule has 0 radical (unpaired) electrons. The van der Waals surface area contributed by atoms with Gasteiger partial charge in [-0.2, -0.15) is 0 Å². The minimum absolute atomic E-state index is 0.0154. The lowest BCUT2D eigenvalue weighted by Crippen LogP contribution is -2.21. The van der Waals surface area contributed by atoms with E-state index in [1.807, 2.05) is 6.07 Å². The lowest BCUT2D eigenvalue weighted by molar-refractivity contribution is -0.0282. The van der Waals surface area contributed by atoms with E-state index < -0.39 is 0 Å². The van der Waals surface area contributed by atoms with Crippen molar-refractivity contribution in [2.45, 2.75) is 38.8 Å². The van der Waals surface area contributed by atoms with E-state index in [2.05, 4.69) is 47.9 Å². The molecular weight excluding hydrogens is 310 g/mol. The molecule has 5 rings (SSSR count). The van der Waals surface area contributed by atoms with Crippen LogP contribution in [0.2, 0.25) is 0 Å². The van der Waals surface area contributed by atoms with Crippen molar-refractivity contribution in [3.63, 3.8) is 0 Å². The number of carbonyl (C=O) groups is 1. The number of carbonyl (C=O) groups excluding carboxylic acids is 1. The second kappa shape index (κ2) is 5.57. The van der Waals surface area contributed by atoms with E-state index in [1.54, 1.807) is 0 Å². The van der Waals surface area contributed by atoms with Gasteiger partial charge in [0.1, 0.15) is 6.23 Å². The Morgan fingerprint density at radius 1 is 1.12 bits per heavy atom. The quantitative estimate of drug-likeness (QED) is 0.624. The summed E-state index contributed by atoms with van der Waals surface area (Å²) in [6.07, 6.45) is 3.79. The van der Waals surface area contributed by atoms with E-state index in [0.717, 1.165) is 47.2 Å². The molecule has 0 spiro atoms. The Kier molecular flexibility index (Phi) is 3.32. The lowest BCUT2D eigenvalue weighted by Gasteiger charge is -2.28. The minimum Gasteiger partial charge on any atom is -0.358 e. The van der Waals surface area contributed by atoms with E-state index >= 15 is 0 Å². The lowest BCUT2D eigenvalue weighted by atomic mass is 9.88. The summed E-state index contributed by atoms with van der Waals surface area (Å²) in [5, 5.41) is 1.07. The molecule has 1 fully saturated rings. The van der Waals surface area contributed by atoms with Crippen molar-refractivity contribution in [1.29, 1.82) is 0 Å². The van der Waals surface area contributed by atoms with Crippen LogP contribution in [0.4, 0.5) is 0 Å². The number of aromatic nitrogens is 1. The van der Waals surface area contributed by atoms with Gasteiger partial charge in [0, 0.05) is 24.0 Å². The molecule has 25 heavy (non-hydrogen) atoms. The number of aryl methyl sites for hydroxylation is 1. The summed E-state index contributed by atoms with van der Waals surface area (Å²) in [5.41, 5.74) is 6.54. The van der Waals surface area contributed by atoms with Crippen LogP contribution in [-0.4, -0.2) is 17.0 Å². The molecule has 1 unspecified atom stereocenters. The highest BCUT2D eigenvalue weighted by Crippen LogP contribution is 2.43. The monoisotopic (exact) mass is 331 g/mol. The molecule has 1 aliphatic heterocycles. The molecule has 126 valence electrons. The molecule has 0 bridgehead atoms. The molecule has 3 aromatic rings. The molecular formula is C22H21NO2. The van der Waals surface area contributed by atoms with Gasteiger partial charge in [-0.3, -0.25) is 4.79 Å². The predicted octanol–water partition coefficient (Wildman–Crippen LogP) is 5.05. The fourth-order valence-electron chi connectivity index (χ4n) is 4.37. The van der Waals surface area contributed by atoms with E-state index in [0.29, 0.717) is 6.42 Å². The van der Waals surface area contributed by atoms with Gasteiger partial charge in [-0.1, -0.05) is 35.9 Å². The first-order chi connectivity index (χ1) is 12.2. The van der Waals surface area contributed by atoms with Gasteiger partial charge in [0.25, 0.3) is 0 Å². The highest BCUT2D eigenvalue weighted by Gasteiger charge is 2.32. The van der Waals surface area contributed by atoms with Crippen LogP contribution < -0.4 is 0 Å². The summed E-state index contributed by atoms with van der Waals surface area (Å²) in [5.74, 6) is 0.221. The normalized spacial score (nSPS) is 19.7. The van der Waals surface area contributed by atoms with E-state index in [1.165, 1.54) is 17.5 Å². The SMILES string of the molecule is Cc1ccc2c(c1)c1c(n2C2CCCCO2)-c2ccccc2CC1=O. The molecule has 1 atom stereocenters. The van der Waals surface area contributed by atoms with Crippen LogP contribution in [0, 0.1) is 6.92 Å². The second-order valence-electron chi connectivity index (χ2n) is 7.19. The van der Waals surface area contributed by atoms with Crippen molar-refractivity contribution in [3.05, 3.63) is 59.2 Å². The predicted molar refractivity (Wildman–Crippen MR) is 99.0 cm³/mol. The summed E-state index contributed by atoms with van der Waals surface area (Å²) in [4.78, 5) is 13.0. The molecule has 1 aromatic heterocycles. The number of nitrogens with zero attached hydrogens (tertiary/aromatic N) is 1.